The first-order chi connectivity index (χ1) is 12.2. The number of rotatable bonds is 3. The van der Waals surface area contributed by atoms with Crippen molar-refractivity contribution in [3.05, 3.63) is 46.8 Å². The zero-order chi connectivity index (χ0) is 17.3. The number of fused-ring (bicyclic) bond motifs is 1. The van der Waals surface area contributed by atoms with Gasteiger partial charge in [-0.05, 0) is 31.4 Å². The van der Waals surface area contributed by atoms with E-state index in [0.717, 1.165) is 24.8 Å². The average Bonchev–Trinajstić information content (AvgIpc) is 3.00. The zero-order valence-corrected chi connectivity index (χ0v) is 14.4. The second-order valence-corrected chi connectivity index (χ2v) is 7.35. The maximum Gasteiger partial charge on any atom is 0.240 e. The number of nitrogens with one attached hydrogen (secondary N) is 1. The van der Waals surface area contributed by atoms with Gasteiger partial charge in [-0.15, -0.1) is 0 Å². The SMILES string of the molecule is O=C(Cn1ccc(=O)c2ccccc21)N[C@H]1COC2(CCCCC2)C1. The van der Waals surface area contributed by atoms with Gasteiger partial charge in [0, 0.05) is 17.6 Å². The number of carbonyl (C=O) groups excluding carboxylic acids is 1. The Kier molecular flexibility index (Phi) is 4.34. The van der Waals surface area contributed by atoms with Gasteiger partial charge in [0.25, 0.3) is 0 Å². The van der Waals surface area contributed by atoms with Gasteiger partial charge in [0.1, 0.15) is 6.54 Å². The molecule has 1 aromatic heterocycles. The monoisotopic (exact) mass is 340 g/mol. The number of hydrogen-bond acceptors (Lipinski definition) is 3. The fourth-order valence-electron chi connectivity index (χ4n) is 4.31. The predicted octanol–water partition coefficient (Wildman–Crippen LogP) is 2.61. The molecule has 0 unspecified atom stereocenters. The molecule has 1 saturated carbocycles. The van der Waals surface area contributed by atoms with Gasteiger partial charge in [-0.3, -0.25) is 9.59 Å². The Bertz CT molecular complexity index is 836. The van der Waals surface area contributed by atoms with Gasteiger partial charge < -0.3 is 14.6 Å². The largest absolute Gasteiger partial charge is 0.373 e. The molecule has 25 heavy (non-hydrogen) atoms. The lowest BCUT2D eigenvalue weighted by Crippen LogP contribution is -2.39. The summed E-state index contributed by atoms with van der Waals surface area (Å²) in [6.07, 6.45) is 8.59. The topological polar surface area (TPSA) is 60.3 Å². The van der Waals surface area contributed by atoms with Crippen molar-refractivity contribution in [1.82, 2.24) is 9.88 Å². The third kappa shape index (κ3) is 3.33. The van der Waals surface area contributed by atoms with E-state index in [1.54, 1.807) is 12.3 Å². The molecule has 1 aliphatic heterocycles. The summed E-state index contributed by atoms with van der Waals surface area (Å²) in [4.78, 5) is 24.4. The predicted molar refractivity (Wildman–Crippen MR) is 96.5 cm³/mol. The molecule has 1 amide bonds. The molecule has 1 atom stereocenters. The van der Waals surface area contributed by atoms with Crippen LogP contribution in [0.5, 0.6) is 0 Å². The van der Waals surface area contributed by atoms with Crippen molar-refractivity contribution >= 4 is 16.8 Å². The molecule has 2 heterocycles. The summed E-state index contributed by atoms with van der Waals surface area (Å²) in [5.74, 6) is -0.0322. The fraction of sp³-hybridized carbons (Fsp3) is 0.500. The van der Waals surface area contributed by atoms with Crippen LogP contribution in [0.3, 0.4) is 0 Å². The van der Waals surface area contributed by atoms with Crippen LogP contribution >= 0.6 is 0 Å². The number of nitrogens with zero attached hydrogens (tertiary/aromatic N) is 1. The molecule has 1 spiro atoms. The quantitative estimate of drug-likeness (QED) is 0.934. The minimum atomic E-state index is -0.0322. The molecule has 1 N–H and O–H groups in total. The first-order valence-electron chi connectivity index (χ1n) is 9.17. The highest BCUT2D eigenvalue weighted by molar-refractivity contribution is 5.82. The van der Waals surface area contributed by atoms with Gasteiger partial charge in [0.2, 0.25) is 5.91 Å². The summed E-state index contributed by atoms with van der Waals surface area (Å²) in [5, 5.41) is 3.76. The highest BCUT2D eigenvalue weighted by Gasteiger charge is 2.41. The number of ether oxygens (including phenoxy) is 1. The van der Waals surface area contributed by atoms with Crippen molar-refractivity contribution in [2.45, 2.75) is 56.7 Å². The van der Waals surface area contributed by atoms with Crippen molar-refractivity contribution in [3.8, 4) is 0 Å². The third-order valence-corrected chi connectivity index (χ3v) is 5.54. The standard InChI is InChI=1S/C20H24N2O3/c23-18-8-11-22(17-7-3-2-6-16(17)18)13-19(24)21-15-12-20(25-14-15)9-4-1-5-10-20/h2-3,6-8,11,15H,1,4-5,9-10,12-14H2,(H,21,24)/t15-/m1/s1. The van der Waals surface area contributed by atoms with Crippen LogP contribution in [0.15, 0.2) is 41.3 Å². The molecule has 1 saturated heterocycles. The van der Waals surface area contributed by atoms with Gasteiger partial charge in [-0.1, -0.05) is 31.4 Å². The summed E-state index contributed by atoms with van der Waals surface area (Å²) >= 11 is 0. The number of benzene rings is 1. The molecule has 1 aliphatic carbocycles. The van der Waals surface area contributed by atoms with E-state index in [1.807, 2.05) is 22.8 Å². The second-order valence-electron chi connectivity index (χ2n) is 7.35. The van der Waals surface area contributed by atoms with Crippen LogP contribution in [0, 0.1) is 0 Å². The molecular formula is C20H24N2O3. The number of hydrogen-bond donors (Lipinski definition) is 1. The van der Waals surface area contributed by atoms with Gasteiger partial charge in [-0.25, -0.2) is 0 Å². The van der Waals surface area contributed by atoms with Crippen LogP contribution in [0.25, 0.3) is 10.9 Å². The Hall–Kier alpha value is -2.14. The van der Waals surface area contributed by atoms with E-state index in [9.17, 15) is 9.59 Å². The van der Waals surface area contributed by atoms with Gasteiger partial charge >= 0.3 is 0 Å². The van der Waals surface area contributed by atoms with Crippen molar-refractivity contribution < 1.29 is 9.53 Å². The lowest BCUT2D eigenvalue weighted by Gasteiger charge is -2.32. The highest BCUT2D eigenvalue weighted by Crippen LogP contribution is 2.39. The number of aromatic nitrogens is 1. The Morgan fingerprint density at radius 1 is 1.20 bits per heavy atom. The maximum absolute atomic E-state index is 12.5. The molecule has 5 nitrogen and oxygen atoms in total. The van der Waals surface area contributed by atoms with Gasteiger partial charge in [0.15, 0.2) is 5.43 Å². The molecule has 2 aliphatic rings. The minimum absolute atomic E-state index is 0.000241. The van der Waals surface area contributed by atoms with Gasteiger partial charge in [-0.2, -0.15) is 0 Å². The van der Waals surface area contributed by atoms with E-state index in [2.05, 4.69) is 5.32 Å². The first kappa shape index (κ1) is 16.3. The second kappa shape index (κ2) is 6.64. The van der Waals surface area contributed by atoms with Gasteiger partial charge in [0.05, 0.1) is 23.8 Å². The van der Waals surface area contributed by atoms with E-state index in [-0.39, 0.29) is 29.5 Å². The van der Waals surface area contributed by atoms with Crippen LogP contribution in [0.1, 0.15) is 38.5 Å². The molecule has 1 aromatic carbocycles. The average molecular weight is 340 g/mol. The lowest BCUT2D eigenvalue weighted by molar-refractivity contribution is -0.122. The summed E-state index contributed by atoms with van der Waals surface area (Å²) in [6.45, 7) is 0.820. The fourth-order valence-corrected chi connectivity index (χ4v) is 4.31. The maximum atomic E-state index is 12.5. The smallest absolute Gasteiger partial charge is 0.240 e. The van der Waals surface area contributed by atoms with Crippen LogP contribution in [-0.2, 0) is 16.1 Å². The van der Waals surface area contributed by atoms with E-state index in [0.29, 0.717) is 12.0 Å². The number of carbonyl (C=O) groups is 1. The van der Waals surface area contributed by atoms with E-state index in [1.165, 1.54) is 25.3 Å². The molecular weight excluding hydrogens is 316 g/mol. The van der Waals surface area contributed by atoms with Crippen molar-refractivity contribution in [3.63, 3.8) is 0 Å². The third-order valence-electron chi connectivity index (χ3n) is 5.54. The zero-order valence-electron chi connectivity index (χ0n) is 14.4. The van der Waals surface area contributed by atoms with E-state index >= 15 is 0 Å². The summed E-state index contributed by atoms with van der Waals surface area (Å²) in [7, 11) is 0. The molecule has 4 rings (SSSR count). The van der Waals surface area contributed by atoms with Crippen molar-refractivity contribution in [2.24, 2.45) is 0 Å². The van der Waals surface area contributed by atoms with Crippen molar-refractivity contribution in [2.75, 3.05) is 6.61 Å². The molecule has 5 heteroatoms. The lowest BCUT2D eigenvalue weighted by atomic mass is 9.82. The summed E-state index contributed by atoms with van der Waals surface area (Å²) in [6, 6.07) is 9.01. The Balaban J connectivity index is 1.43. The molecule has 0 radical (unpaired) electrons. The number of amides is 1. The van der Waals surface area contributed by atoms with E-state index < -0.39 is 0 Å². The van der Waals surface area contributed by atoms with E-state index in [4.69, 9.17) is 4.74 Å². The van der Waals surface area contributed by atoms with Crippen LogP contribution in [0.2, 0.25) is 0 Å². The number of pyridine rings is 1. The molecule has 2 aromatic rings. The summed E-state index contributed by atoms with van der Waals surface area (Å²) < 4.78 is 7.90. The molecule has 132 valence electrons. The van der Waals surface area contributed by atoms with Crippen LogP contribution < -0.4 is 10.7 Å². The van der Waals surface area contributed by atoms with Crippen molar-refractivity contribution in [1.29, 1.82) is 0 Å². The normalized spacial score (nSPS) is 22.3. The van der Waals surface area contributed by atoms with Crippen LogP contribution in [-0.4, -0.2) is 28.7 Å². The Labute approximate surface area is 147 Å². The highest BCUT2D eigenvalue weighted by atomic mass is 16.5. The Morgan fingerprint density at radius 2 is 2.00 bits per heavy atom. The first-order valence-corrected chi connectivity index (χ1v) is 9.17. The minimum Gasteiger partial charge on any atom is -0.373 e. The Morgan fingerprint density at radius 3 is 2.84 bits per heavy atom. The van der Waals surface area contributed by atoms with Crippen LogP contribution in [0.4, 0.5) is 0 Å². The molecule has 0 bridgehead atoms. The summed E-state index contributed by atoms with van der Waals surface area (Å²) in [5.41, 5.74) is 0.771. The number of para-hydroxylation sites is 1. The molecule has 2 fully saturated rings.